The highest BCUT2D eigenvalue weighted by Gasteiger charge is 2.16. The predicted octanol–water partition coefficient (Wildman–Crippen LogP) is 4.36. The van der Waals surface area contributed by atoms with Crippen molar-refractivity contribution in [1.82, 2.24) is 0 Å². The van der Waals surface area contributed by atoms with Crippen LogP contribution in [0, 0.1) is 11.6 Å². The van der Waals surface area contributed by atoms with Gasteiger partial charge < -0.3 is 14.5 Å². The molecule has 0 radical (unpaired) electrons. The van der Waals surface area contributed by atoms with Crippen LogP contribution in [0.5, 0.6) is 5.75 Å². The minimum Gasteiger partial charge on any atom is -0.490 e. The van der Waals surface area contributed by atoms with Crippen LogP contribution in [0.3, 0.4) is 0 Å². The zero-order chi connectivity index (χ0) is 16.4. The van der Waals surface area contributed by atoms with E-state index in [1.807, 2.05) is 6.92 Å². The normalized spacial score (nSPS) is 10.7. The first-order chi connectivity index (χ1) is 11.1. The monoisotopic (exact) mass is 317 g/mol. The first-order valence-electron chi connectivity index (χ1n) is 7.00. The Balaban J connectivity index is 1.90. The second-order valence-electron chi connectivity index (χ2n) is 4.80. The zero-order valence-electron chi connectivity index (χ0n) is 12.2. The molecule has 0 fully saturated rings. The Hall–Kier alpha value is -2.89. The number of nitrogens with one attached hydrogen (secondary N) is 1. The zero-order valence-corrected chi connectivity index (χ0v) is 12.2. The Labute approximate surface area is 130 Å². The molecule has 0 aliphatic heterocycles. The minimum atomic E-state index is -0.857. The van der Waals surface area contributed by atoms with E-state index >= 15 is 0 Å². The van der Waals surface area contributed by atoms with E-state index in [2.05, 4.69) is 5.32 Å². The molecule has 118 valence electrons. The third-order valence-corrected chi connectivity index (χ3v) is 3.21. The summed E-state index contributed by atoms with van der Waals surface area (Å²) in [6.07, 6.45) is 0. The highest BCUT2D eigenvalue weighted by molar-refractivity contribution is 6.05. The number of anilines is 1. The van der Waals surface area contributed by atoms with Crippen LogP contribution in [0.1, 0.15) is 17.5 Å². The first-order valence-corrected chi connectivity index (χ1v) is 7.00. The van der Waals surface area contributed by atoms with Crippen LogP contribution < -0.4 is 10.1 Å². The molecule has 23 heavy (non-hydrogen) atoms. The number of benzene rings is 2. The van der Waals surface area contributed by atoms with Crippen molar-refractivity contribution in [3.8, 4) is 5.75 Å². The number of amides is 1. The summed E-state index contributed by atoms with van der Waals surface area (Å²) in [7, 11) is 0. The molecule has 0 saturated heterocycles. The number of fused-ring (bicyclic) bond motifs is 1. The summed E-state index contributed by atoms with van der Waals surface area (Å²) in [6.45, 7) is 2.30. The van der Waals surface area contributed by atoms with Gasteiger partial charge in [0.25, 0.3) is 5.91 Å². The van der Waals surface area contributed by atoms with Crippen molar-refractivity contribution in [3.05, 3.63) is 59.9 Å². The highest BCUT2D eigenvalue weighted by Crippen LogP contribution is 2.29. The van der Waals surface area contributed by atoms with Gasteiger partial charge in [0.05, 0.1) is 12.3 Å². The van der Waals surface area contributed by atoms with Gasteiger partial charge in [-0.15, -0.1) is 0 Å². The average molecular weight is 317 g/mol. The van der Waals surface area contributed by atoms with Crippen molar-refractivity contribution in [2.24, 2.45) is 0 Å². The lowest BCUT2D eigenvalue weighted by atomic mass is 10.2. The van der Waals surface area contributed by atoms with Gasteiger partial charge in [-0.2, -0.15) is 0 Å². The minimum absolute atomic E-state index is 0.0101. The number of hydrogen-bond donors (Lipinski definition) is 1. The Kier molecular flexibility index (Phi) is 3.97. The number of para-hydroxylation sites is 1. The average Bonchev–Trinajstić information content (AvgIpc) is 2.95. The molecule has 0 aliphatic carbocycles. The van der Waals surface area contributed by atoms with Gasteiger partial charge in [0.1, 0.15) is 11.6 Å². The van der Waals surface area contributed by atoms with Gasteiger partial charge in [0, 0.05) is 11.5 Å². The second-order valence-corrected chi connectivity index (χ2v) is 4.80. The number of carbonyl (C=O) groups excluding carboxylic acids is 1. The van der Waals surface area contributed by atoms with Gasteiger partial charge in [0.15, 0.2) is 17.1 Å². The van der Waals surface area contributed by atoms with Crippen molar-refractivity contribution in [3.63, 3.8) is 0 Å². The topological polar surface area (TPSA) is 51.5 Å². The number of halogens is 2. The second kappa shape index (κ2) is 6.08. The molecule has 0 spiro atoms. The molecule has 1 aromatic heterocycles. The van der Waals surface area contributed by atoms with Gasteiger partial charge >= 0.3 is 0 Å². The molecule has 1 heterocycles. The fourth-order valence-corrected chi connectivity index (χ4v) is 2.19. The molecule has 6 heteroatoms. The summed E-state index contributed by atoms with van der Waals surface area (Å²) in [5.41, 5.74) is 0.320. The third-order valence-electron chi connectivity index (χ3n) is 3.21. The standard InChI is InChI=1S/C17H13F2NO3/c1-2-22-14-5-3-4-10-8-15(23-16(10)14)17(21)20-13-7-6-11(18)9-12(13)19/h3-9H,2H2,1H3,(H,20,21). The molecule has 0 saturated carbocycles. The van der Waals surface area contributed by atoms with Crippen molar-refractivity contribution in [2.75, 3.05) is 11.9 Å². The third kappa shape index (κ3) is 3.01. The van der Waals surface area contributed by atoms with Crippen LogP contribution in [0.15, 0.2) is 46.9 Å². The van der Waals surface area contributed by atoms with E-state index in [0.29, 0.717) is 29.4 Å². The lowest BCUT2D eigenvalue weighted by Gasteiger charge is -2.04. The van der Waals surface area contributed by atoms with Gasteiger partial charge in [-0.3, -0.25) is 4.79 Å². The Morgan fingerprint density at radius 3 is 2.78 bits per heavy atom. The van der Waals surface area contributed by atoms with Gasteiger partial charge in [-0.25, -0.2) is 8.78 Å². The summed E-state index contributed by atoms with van der Waals surface area (Å²) in [6, 6.07) is 9.73. The van der Waals surface area contributed by atoms with Gasteiger partial charge in [-0.1, -0.05) is 12.1 Å². The van der Waals surface area contributed by atoms with Crippen LogP contribution in [-0.2, 0) is 0 Å². The molecule has 0 bridgehead atoms. The summed E-state index contributed by atoms with van der Waals surface area (Å²) in [4.78, 5) is 12.2. The fourth-order valence-electron chi connectivity index (χ4n) is 2.19. The molecular weight excluding hydrogens is 304 g/mol. The summed E-state index contributed by atoms with van der Waals surface area (Å²) >= 11 is 0. The van der Waals surface area contributed by atoms with E-state index in [0.717, 1.165) is 12.1 Å². The molecule has 0 aliphatic rings. The van der Waals surface area contributed by atoms with E-state index in [4.69, 9.17) is 9.15 Å². The molecular formula is C17H13F2NO3. The number of ether oxygens (including phenoxy) is 1. The Morgan fingerprint density at radius 1 is 1.22 bits per heavy atom. The SMILES string of the molecule is CCOc1cccc2cc(C(=O)Nc3ccc(F)cc3F)oc12. The van der Waals surface area contributed by atoms with E-state index in [1.165, 1.54) is 6.07 Å². The van der Waals surface area contributed by atoms with Crippen LogP contribution in [0.4, 0.5) is 14.5 Å². The lowest BCUT2D eigenvalue weighted by Crippen LogP contribution is -2.12. The van der Waals surface area contributed by atoms with E-state index in [-0.39, 0.29) is 11.4 Å². The van der Waals surface area contributed by atoms with Gasteiger partial charge in [0.2, 0.25) is 0 Å². The summed E-state index contributed by atoms with van der Waals surface area (Å²) < 4.78 is 37.4. The number of hydrogen-bond acceptors (Lipinski definition) is 3. The quantitative estimate of drug-likeness (QED) is 0.778. The predicted molar refractivity (Wildman–Crippen MR) is 81.7 cm³/mol. The van der Waals surface area contributed by atoms with Crippen molar-refractivity contribution in [1.29, 1.82) is 0 Å². The van der Waals surface area contributed by atoms with E-state index in [9.17, 15) is 13.6 Å². The van der Waals surface area contributed by atoms with E-state index in [1.54, 1.807) is 18.2 Å². The van der Waals surface area contributed by atoms with Crippen LogP contribution in [0.25, 0.3) is 11.0 Å². The molecule has 3 rings (SSSR count). The number of furan rings is 1. The fraction of sp³-hybridized carbons (Fsp3) is 0.118. The molecule has 4 nitrogen and oxygen atoms in total. The number of rotatable bonds is 4. The smallest absolute Gasteiger partial charge is 0.291 e. The van der Waals surface area contributed by atoms with Crippen molar-refractivity contribution < 1.29 is 22.7 Å². The maximum atomic E-state index is 13.6. The van der Waals surface area contributed by atoms with Crippen molar-refractivity contribution in [2.45, 2.75) is 6.92 Å². The lowest BCUT2D eigenvalue weighted by molar-refractivity contribution is 0.0998. The first kappa shape index (κ1) is 15.0. The van der Waals surface area contributed by atoms with Crippen LogP contribution >= 0.6 is 0 Å². The molecule has 0 unspecified atom stereocenters. The maximum Gasteiger partial charge on any atom is 0.291 e. The molecule has 3 aromatic rings. The summed E-state index contributed by atoms with van der Waals surface area (Å²) in [5.74, 6) is -1.67. The molecule has 1 N–H and O–H groups in total. The molecule has 2 aromatic carbocycles. The number of carbonyl (C=O) groups is 1. The summed E-state index contributed by atoms with van der Waals surface area (Å²) in [5, 5.41) is 3.05. The largest absolute Gasteiger partial charge is 0.490 e. The Bertz CT molecular complexity index is 873. The van der Waals surface area contributed by atoms with E-state index < -0.39 is 17.5 Å². The molecule has 1 amide bonds. The van der Waals surface area contributed by atoms with Gasteiger partial charge in [-0.05, 0) is 31.2 Å². The maximum absolute atomic E-state index is 13.6. The molecule has 0 atom stereocenters. The van der Waals surface area contributed by atoms with Crippen LogP contribution in [0.2, 0.25) is 0 Å². The Morgan fingerprint density at radius 2 is 2.04 bits per heavy atom. The van der Waals surface area contributed by atoms with Crippen molar-refractivity contribution >= 4 is 22.6 Å². The van der Waals surface area contributed by atoms with Crippen LogP contribution in [-0.4, -0.2) is 12.5 Å². The highest BCUT2D eigenvalue weighted by atomic mass is 19.1.